The number of anilines is 1. The number of para-hydroxylation sites is 1. The van der Waals surface area contributed by atoms with Crippen molar-refractivity contribution in [2.24, 2.45) is 17.6 Å². The summed E-state index contributed by atoms with van der Waals surface area (Å²) < 4.78 is 0. The molecule has 1 aromatic rings. The van der Waals surface area contributed by atoms with E-state index in [-0.39, 0.29) is 6.10 Å². The number of hydrogen-bond acceptors (Lipinski definition) is 3. The van der Waals surface area contributed by atoms with Crippen molar-refractivity contribution < 1.29 is 5.11 Å². The fraction of sp³-hybridized carbons (Fsp3) is 0.571. The largest absolute Gasteiger partial charge is 0.393 e. The number of nitrogens with two attached hydrogens (primary N) is 1. The Bertz CT molecular complexity index is 407. The summed E-state index contributed by atoms with van der Waals surface area (Å²) in [7, 11) is 0. The van der Waals surface area contributed by atoms with E-state index >= 15 is 0 Å². The van der Waals surface area contributed by atoms with Gasteiger partial charge in [0.25, 0.3) is 0 Å². The minimum absolute atomic E-state index is 0.0879. The Hall–Kier alpha value is -1.06. The topological polar surface area (TPSA) is 49.5 Å². The lowest BCUT2D eigenvalue weighted by atomic mass is 10.00. The summed E-state index contributed by atoms with van der Waals surface area (Å²) >= 11 is 0. The average Bonchev–Trinajstić information content (AvgIpc) is 2.92. The van der Waals surface area contributed by atoms with Crippen LogP contribution in [0.1, 0.15) is 18.4 Å². The molecule has 1 saturated carbocycles. The Labute approximate surface area is 102 Å². The van der Waals surface area contributed by atoms with Gasteiger partial charge in [0, 0.05) is 31.2 Å². The highest BCUT2D eigenvalue weighted by molar-refractivity contribution is 5.54. The third kappa shape index (κ3) is 1.83. The minimum Gasteiger partial charge on any atom is -0.393 e. The number of benzene rings is 1. The van der Waals surface area contributed by atoms with Gasteiger partial charge in [-0.3, -0.25) is 0 Å². The zero-order valence-electron chi connectivity index (χ0n) is 10.0. The molecule has 0 aromatic heterocycles. The predicted octanol–water partition coefficient (Wildman–Crippen LogP) is 1.35. The smallest absolute Gasteiger partial charge is 0.0588 e. The second-order valence-electron chi connectivity index (χ2n) is 5.31. The minimum atomic E-state index is -0.0879. The van der Waals surface area contributed by atoms with Gasteiger partial charge in [0.2, 0.25) is 0 Å². The van der Waals surface area contributed by atoms with E-state index < -0.39 is 0 Å². The van der Waals surface area contributed by atoms with E-state index in [0.29, 0.717) is 18.4 Å². The van der Waals surface area contributed by atoms with Crippen LogP contribution in [-0.4, -0.2) is 24.3 Å². The van der Waals surface area contributed by atoms with Crippen LogP contribution in [0.5, 0.6) is 0 Å². The predicted molar refractivity (Wildman–Crippen MR) is 68.8 cm³/mol. The Morgan fingerprint density at radius 2 is 2.06 bits per heavy atom. The van der Waals surface area contributed by atoms with Crippen molar-refractivity contribution in [2.45, 2.75) is 25.5 Å². The average molecular weight is 232 g/mol. The van der Waals surface area contributed by atoms with Crippen molar-refractivity contribution >= 4 is 5.69 Å². The first-order valence-electron chi connectivity index (χ1n) is 6.50. The van der Waals surface area contributed by atoms with E-state index in [9.17, 15) is 5.11 Å². The normalized spacial score (nSPS) is 31.9. The molecule has 0 spiro atoms. The van der Waals surface area contributed by atoms with E-state index in [4.69, 9.17) is 5.73 Å². The molecule has 3 nitrogen and oxygen atoms in total. The first kappa shape index (κ1) is 11.1. The van der Waals surface area contributed by atoms with Gasteiger partial charge in [0.1, 0.15) is 0 Å². The summed E-state index contributed by atoms with van der Waals surface area (Å²) in [5.74, 6) is 1.15. The van der Waals surface area contributed by atoms with Gasteiger partial charge in [0.15, 0.2) is 0 Å². The van der Waals surface area contributed by atoms with E-state index in [0.717, 1.165) is 19.5 Å². The molecule has 92 valence electrons. The highest BCUT2D eigenvalue weighted by atomic mass is 16.3. The molecule has 3 unspecified atom stereocenters. The van der Waals surface area contributed by atoms with Gasteiger partial charge in [-0.1, -0.05) is 18.2 Å². The molecule has 0 amide bonds. The van der Waals surface area contributed by atoms with Crippen LogP contribution in [-0.2, 0) is 6.54 Å². The second-order valence-corrected chi connectivity index (χ2v) is 5.31. The molecule has 3 atom stereocenters. The first-order valence-corrected chi connectivity index (χ1v) is 6.50. The molecule has 3 rings (SSSR count). The maximum atomic E-state index is 9.94. The summed E-state index contributed by atoms with van der Waals surface area (Å²) in [5.41, 5.74) is 8.26. The van der Waals surface area contributed by atoms with Gasteiger partial charge in [-0.05, 0) is 30.4 Å². The summed E-state index contributed by atoms with van der Waals surface area (Å²) in [6.07, 6.45) is 2.07. The van der Waals surface area contributed by atoms with Crippen molar-refractivity contribution in [1.82, 2.24) is 0 Å². The van der Waals surface area contributed by atoms with Crippen molar-refractivity contribution in [2.75, 3.05) is 18.0 Å². The molecule has 2 aliphatic rings. The molecule has 1 aromatic carbocycles. The number of rotatable bonds is 2. The van der Waals surface area contributed by atoms with E-state index in [1.165, 1.54) is 17.7 Å². The van der Waals surface area contributed by atoms with E-state index in [1.807, 2.05) is 6.07 Å². The van der Waals surface area contributed by atoms with Crippen LogP contribution >= 0.6 is 0 Å². The molecule has 1 heterocycles. The van der Waals surface area contributed by atoms with Crippen molar-refractivity contribution in [3.8, 4) is 0 Å². The third-order valence-electron chi connectivity index (χ3n) is 4.37. The number of aliphatic hydroxyl groups excluding tert-OH is 1. The molecule has 3 N–H and O–H groups in total. The molecule has 1 aliphatic heterocycles. The highest BCUT2D eigenvalue weighted by Crippen LogP contribution is 2.40. The Balaban J connectivity index is 1.82. The number of fused-ring (bicyclic) bond motifs is 1. The molecule has 0 radical (unpaired) electrons. The van der Waals surface area contributed by atoms with Gasteiger partial charge in [-0.25, -0.2) is 0 Å². The fourth-order valence-electron chi connectivity index (χ4n) is 3.43. The van der Waals surface area contributed by atoms with Gasteiger partial charge < -0.3 is 15.7 Å². The number of nitrogens with zero attached hydrogens (tertiary/aromatic N) is 1. The maximum Gasteiger partial charge on any atom is 0.0588 e. The number of hydrogen-bond donors (Lipinski definition) is 2. The zero-order valence-corrected chi connectivity index (χ0v) is 10.0. The summed E-state index contributed by atoms with van der Waals surface area (Å²) in [6, 6.07) is 8.35. The molecule has 3 heteroatoms. The maximum absolute atomic E-state index is 9.94. The van der Waals surface area contributed by atoms with Crippen molar-refractivity contribution in [1.29, 1.82) is 0 Å². The molecule has 1 saturated heterocycles. The Kier molecular flexibility index (Phi) is 2.81. The van der Waals surface area contributed by atoms with Gasteiger partial charge >= 0.3 is 0 Å². The lowest BCUT2D eigenvalue weighted by Gasteiger charge is -2.23. The standard InChI is InChI=1S/C14H20N2O/c15-7-10-3-1-2-4-13(10)16-8-11-5-6-14(17)12(11)9-16/h1-4,11-12,14,17H,5-9,15H2. The lowest BCUT2D eigenvalue weighted by molar-refractivity contribution is 0.133. The monoisotopic (exact) mass is 232 g/mol. The Morgan fingerprint density at radius 1 is 1.24 bits per heavy atom. The van der Waals surface area contributed by atoms with Crippen LogP contribution in [0.2, 0.25) is 0 Å². The lowest BCUT2D eigenvalue weighted by Crippen LogP contribution is -2.25. The van der Waals surface area contributed by atoms with Gasteiger partial charge in [-0.15, -0.1) is 0 Å². The van der Waals surface area contributed by atoms with Gasteiger partial charge in [-0.2, -0.15) is 0 Å². The molecule has 0 bridgehead atoms. The van der Waals surface area contributed by atoms with Crippen LogP contribution in [0, 0.1) is 11.8 Å². The second kappa shape index (κ2) is 4.31. The molecular weight excluding hydrogens is 212 g/mol. The summed E-state index contributed by atoms with van der Waals surface area (Å²) in [4.78, 5) is 2.40. The number of aliphatic hydroxyl groups is 1. The zero-order chi connectivity index (χ0) is 11.8. The van der Waals surface area contributed by atoms with Crippen LogP contribution in [0.3, 0.4) is 0 Å². The SMILES string of the molecule is NCc1ccccc1N1CC2CCC(O)C2C1. The first-order chi connectivity index (χ1) is 8.29. The highest BCUT2D eigenvalue weighted by Gasteiger charge is 2.42. The summed E-state index contributed by atoms with van der Waals surface area (Å²) in [5, 5.41) is 9.94. The molecular formula is C14H20N2O. The fourth-order valence-corrected chi connectivity index (χ4v) is 3.43. The van der Waals surface area contributed by atoms with Crippen LogP contribution < -0.4 is 10.6 Å². The third-order valence-corrected chi connectivity index (χ3v) is 4.37. The quantitative estimate of drug-likeness (QED) is 0.809. The van der Waals surface area contributed by atoms with Crippen LogP contribution in [0.15, 0.2) is 24.3 Å². The van der Waals surface area contributed by atoms with E-state index in [2.05, 4.69) is 23.1 Å². The molecule has 1 aliphatic carbocycles. The van der Waals surface area contributed by atoms with E-state index in [1.54, 1.807) is 0 Å². The van der Waals surface area contributed by atoms with Crippen molar-refractivity contribution in [3.63, 3.8) is 0 Å². The summed E-state index contributed by atoms with van der Waals surface area (Å²) in [6.45, 7) is 2.66. The van der Waals surface area contributed by atoms with Crippen LogP contribution in [0.4, 0.5) is 5.69 Å². The molecule has 17 heavy (non-hydrogen) atoms. The Morgan fingerprint density at radius 3 is 2.82 bits per heavy atom. The molecule has 2 fully saturated rings. The van der Waals surface area contributed by atoms with Crippen LogP contribution in [0.25, 0.3) is 0 Å². The van der Waals surface area contributed by atoms with Crippen molar-refractivity contribution in [3.05, 3.63) is 29.8 Å². The van der Waals surface area contributed by atoms with Gasteiger partial charge in [0.05, 0.1) is 6.10 Å².